The molecule has 24 heavy (non-hydrogen) atoms. The number of benzene rings is 1. The van der Waals surface area contributed by atoms with Crippen molar-refractivity contribution in [2.45, 2.75) is 19.1 Å². The molecule has 1 atom stereocenters. The fourth-order valence-corrected chi connectivity index (χ4v) is 2.66. The molecule has 1 fully saturated rings. The SMILES string of the molecule is COCc1cn([C@H]2CCN(C(=O)COc3ccc(F)cc3)C2)nn1. The summed E-state index contributed by atoms with van der Waals surface area (Å²) in [5.74, 6) is 0.0387. The molecule has 0 spiro atoms. The number of aromatic nitrogens is 3. The summed E-state index contributed by atoms with van der Waals surface area (Å²) in [5.41, 5.74) is 0.766. The number of ether oxygens (including phenoxy) is 2. The van der Waals surface area contributed by atoms with Gasteiger partial charge in [-0.05, 0) is 30.7 Å². The van der Waals surface area contributed by atoms with Crippen LogP contribution in [0.2, 0.25) is 0 Å². The van der Waals surface area contributed by atoms with Crippen LogP contribution in [0.25, 0.3) is 0 Å². The zero-order chi connectivity index (χ0) is 16.9. The Bertz CT molecular complexity index is 689. The maximum absolute atomic E-state index is 12.8. The van der Waals surface area contributed by atoms with Crippen LogP contribution >= 0.6 is 0 Å². The number of likely N-dealkylation sites (tertiary alicyclic amines) is 1. The van der Waals surface area contributed by atoms with Gasteiger partial charge in [-0.2, -0.15) is 0 Å². The van der Waals surface area contributed by atoms with Crippen molar-refractivity contribution in [2.75, 3.05) is 26.8 Å². The van der Waals surface area contributed by atoms with Crippen LogP contribution in [0.4, 0.5) is 4.39 Å². The van der Waals surface area contributed by atoms with Crippen LogP contribution < -0.4 is 4.74 Å². The number of halogens is 1. The lowest BCUT2D eigenvalue weighted by molar-refractivity contribution is -0.132. The third kappa shape index (κ3) is 3.88. The van der Waals surface area contributed by atoms with Gasteiger partial charge < -0.3 is 14.4 Å². The Balaban J connectivity index is 1.50. The molecule has 1 amide bonds. The van der Waals surface area contributed by atoms with Gasteiger partial charge in [-0.1, -0.05) is 5.21 Å². The van der Waals surface area contributed by atoms with E-state index in [-0.39, 0.29) is 24.4 Å². The molecular weight excluding hydrogens is 315 g/mol. The molecule has 1 saturated heterocycles. The second-order valence-corrected chi connectivity index (χ2v) is 5.65. The van der Waals surface area contributed by atoms with Gasteiger partial charge in [-0.15, -0.1) is 5.10 Å². The van der Waals surface area contributed by atoms with Crippen LogP contribution in [0, 0.1) is 5.82 Å². The summed E-state index contributed by atoms with van der Waals surface area (Å²) in [7, 11) is 1.61. The number of rotatable bonds is 6. The highest BCUT2D eigenvalue weighted by molar-refractivity contribution is 5.78. The Kier molecular flexibility index (Phi) is 5.05. The van der Waals surface area contributed by atoms with Gasteiger partial charge in [0.2, 0.25) is 0 Å². The lowest BCUT2D eigenvalue weighted by Crippen LogP contribution is -2.33. The minimum absolute atomic E-state index is 0.0648. The molecule has 2 heterocycles. The average molecular weight is 334 g/mol. The normalized spacial score (nSPS) is 17.2. The number of carbonyl (C=O) groups is 1. The zero-order valence-corrected chi connectivity index (χ0v) is 13.4. The summed E-state index contributed by atoms with van der Waals surface area (Å²) in [6.45, 7) is 1.57. The summed E-state index contributed by atoms with van der Waals surface area (Å²) in [6, 6.07) is 5.71. The molecule has 7 nitrogen and oxygen atoms in total. The first-order chi connectivity index (χ1) is 11.7. The van der Waals surface area contributed by atoms with Crippen molar-refractivity contribution >= 4 is 5.91 Å². The minimum Gasteiger partial charge on any atom is -0.484 e. The van der Waals surface area contributed by atoms with Gasteiger partial charge in [-0.3, -0.25) is 4.79 Å². The average Bonchev–Trinajstić information content (AvgIpc) is 3.23. The molecule has 0 N–H and O–H groups in total. The van der Waals surface area contributed by atoms with E-state index in [0.29, 0.717) is 25.4 Å². The second kappa shape index (κ2) is 7.39. The smallest absolute Gasteiger partial charge is 0.260 e. The predicted molar refractivity (Wildman–Crippen MR) is 82.9 cm³/mol. The highest BCUT2D eigenvalue weighted by atomic mass is 19.1. The number of amides is 1. The number of hydrogen-bond acceptors (Lipinski definition) is 5. The Morgan fingerprint density at radius 3 is 2.92 bits per heavy atom. The van der Waals surface area contributed by atoms with E-state index in [4.69, 9.17) is 9.47 Å². The zero-order valence-electron chi connectivity index (χ0n) is 13.4. The fourth-order valence-electron chi connectivity index (χ4n) is 2.66. The van der Waals surface area contributed by atoms with Gasteiger partial charge in [0.05, 0.1) is 18.8 Å². The number of hydrogen-bond donors (Lipinski definition) is 0. The van der Waals surface area contributed by atoms with Crippen LogP contribution in [-0.4, -0.2) is 52.6 Å². The Hall–Kier alpha value is -2.48. The Morgan fingerprint density at radius 1 is 1.38 bits per heavy atom. The van der Waals surface area contributed by atoms with E-state index in [1.54, 1.807) is 16.7 Å². The largest absolute Gasteiger partial charge is 0.484 e. The molecule has 0 radical (unpaired) electrons. The molecule has 0 bridgehead atoms. The van der Waals surface area contributed by atoms with Crippen LogP contribution in [0.5, 0.6) is 5.75 Å². The Labute approximate surface area is 139 Å². The van der Waals surface area contributed by atoms with E-state index in [9.17, 15) is 9.18 Å². The van der Waals surface area contributed by atoms with Crippen molar-refractivity contribution in [2.24, 2.45) is 0 Å². The molecule has 8 heteroatoms. The van der Waals surface area contributed by atoms with Crippen LogP contribution in [0.15, 0.2) is 30.5 Å². The highest BCUT2D eigenvalue weighted by Crippen LogP contribution is 2.21. The fraction of sp³-hybridized carbons (Fsp3) is 0.438. The quantitative estimate of drug-likeness (QED) is 0.799. The van der Waals surface area contributed by atoms with E-state index >= 15 is 0 Å². The molecule has 1 aromatic carbocycles. The Morgan fingerprint density at radius 2 is 2.17 bits per heavy atom. The first-order valence-corrected chi connectivity index (χ1v) is 7.71. The topological polar surface area (TPSA) is 69.5 Å². The first-order valence-electron chi connectivity index (χ1n) is 7.71. The molecule has 1 aliphatic rings. The molecule has 0 aliphatic carbocycles. The first kappa shape index (κ1) is 16.4. The molecule has 0 saturated carbocycles. The van der Waals surface area contributed by atoms with E-state index in [1.807, 2.05) is 6.20 Å². The molecule has 2 aromatic rings. The van der Waals surface area contributed by atoms with Gasteiger partial charge in [0.1, 0.15) is 17.3 Å². The van der Waals surface area contributed by atoms with Crippen molar-refractivity contribution < 1.29 is 18.7 Å². The van der Waals surface area contributed by atoms with E-state index in [0.717, 1.165) is 12.1 Å². The van der Waals surface area contributed by atoms with Crippen LogP contribution in [-0.2, 0) is 16.1 Å². The van der Waals surface area contributed by atoms with Crippen molar-refractivity contribution in [3.05, 3.63) is 42.0 Å². The summed E-state index contributed by atoms with van der Waals surface area (Å²) in [4.78, 5) is 14.0. The molecule has 1 aliphatic heterocycles. The van der Waals surface area contributed by atoms with Crippen molar-refractivity contribution in [3.63, 3.8) is 0 Å². The molecule has 128 valence electrons. The maximum Gasteiger partial charge on any atom is 0.260 e. The summed E-state index contributed by atoms with van der Waals surface area (Å²) >= 11 is 0. The van der Waals surface area contributed by atoms with Crippen LogP contribution in [0.3, 0.4) is 0 Å². The number of carbonyl (C=O) groups excluding carboxylic acids is 1. The monoisotopic (exact) mass is 334 g/mol. The van der Waals surface area contributed by atoms with E-state index < -0.39 is 0 Å². The maximum atomic E-state index is 12.8. The molecule has 1 aromatic heterocycles. The predicted octanol–water partition coefficient (Wildman–Crippen LogP) is 1.42. The lowest BCUT2D eigenvalue weighted by Gasteiger charge is -2.16. The highest BCUT2D eigenvalue weighted by Gasteiger charge is 2.28. The van der Waals surface area contributed by atoms with Gasteiger partial charge in [0.25, 0.3) is 5.91 Å². The van der Waals surface area contributed by atoms with Gasteiger partial charge in [0, 0.05) is 20.2 Å². The van der Waals surface area contributed by atoms with Crippen molar-refractivity contribution in [1.82, 2.24) is 19.9 Å². The summed E-state index contributed by atoms with van der Waals surface area (Å²) in [5, 5.41) is 8.13. The van der Waals surface area contributed by atoms with Crippen molar-refractivity contribution in [1.29, 1.82) is 0 Å². The third-order valence-electron chi connectivity index (χ3n) is 3.92. The molecule has 0 unspecified atom stereocenters. The van der Waals surface area contributed by atoms with Gasteiger partial charge >= 0.3 is 0 Å². The van der Waals surface area contributed by atoms with Gasteiger partial charge in [-0.25, -0.2) is 9.07 Å². The molecular formula is C16H19FN4O3. The van der Waals surface area contributed by atoms with E-state index in [2.05, 4.69) is 10.3 Å². The number of nitrogens with zero attached hydrogens (tertiary/aromatic N) is 4. The lowest BCUT2D eigenvalue weighted by atomic mass is 10.3. The van der Waals surface area contributed by atoms with Gasteiger partial charge in [0.15, 0.2) is 6.61 Å². The summed E-state index contributed by atoms with van der Waals surface area (Å²) < 4.78 is 25.0. The third-order valence-corrected chi connectivity index (χ3v) is 3.92. The molecule has 3 rings (SSSR count). The van der Waals surface area contributed by atoms with Crippen molar-refractivity contribution in [3.8, 4) is 5.75 Å². The summed E-state index contributed by atoms with van der Waals surface area (Å²) in [6.07, 6.45) is 2.66. The van der Waals surface area contributed by atoms with Crippen LogP contribution in [0.1, 0.15) is 18.2 Å². The van der Waals surface area contributed by atoms with E-state index in [1.165, 1.54) is 24.3 Å². The second-order valence-electron chi connectivity index (χ2n) is 5.65. The minimum atomic E-state index is -0.336. The standard InChI is InChI=1S/C16H19FN4O3/c1-23-10-13-8-21(19-18-13)14-6-7-20(9-14)16(22)11-24-15-4-2-12(17)3-5-15/h2-5,8,14H,6-7,9-11H2,1H3/t14-/m0/s1. The number of methoxy groups -OCH3 is 1.